The van der Waals surface area contributed by atoms with Crippen molar-refractivity contribution in [3.05, 3.63) is 28.5 Å². The summed E-state index contributed by atoms with van der Waals surface area (Å²) in [5, 5.41) is 7.17. The van der Waals surface area contributed by atoms with Crippen molar-refractivity contribution in [3.63, 3.8) is 0 Å². The molecule has 0 atom stereocenters. The van der Waals surface area contributed by atoms with Crippen LogP contribution in [0.5, 0.6) is 0 Å². The van der Waals surface area contributed by atoms with Crippen molar-refractivity contribution in [1.82, 2.24) is 0 Å². The molecule has 1 amide bonds. The summed E-state index contributed by atoms with van der Waals surface area (Å²) in [6.45, 7) is 2.59. The predicted molar refractivity (Wildman–Crippen MR) is 98.6 cm³/mol. The first-order valence-corrected chi connectivity index (χ1v) is 9.98. The van der Waals surface area contributed by atoms with Crippen LogP contribution in [0.2, 0.25) is 0 Å². The minimum absolute atomic E-state index is 0.145. The Labute approximate surface area is 147 Å². The third-order valence-electron chi connectivity index (χ3n) is 2.81. The van der Waals surface area contributed by atoms with Crippen LogP contribution in [0.1, 0.15) is 17.3 Å². The maximum Gasteiger partial charge on any atom is 0.341 e. The topological polar surface area (TPSA) is 81.4 Å². The summed E-state index contributed by atoms with van der Waals surface area (Å²) in [7, 11) is 0. The summed E-state index contributed by atoms with van der Waals surface area (Å²) in [6.07, 6.45) is 0. The fourth-order valence-corrected chi connectivity index (χ4v) is 4.24. The van der Waals surface area contributed by atoms with Crippen LogP contribution in [0, 0.1) is 0 Å². The van der Waals surface area contributed by atoms with E-state index in [1.54, 1.807) is 18.3 Å². The molecule has 0 aliphatic heterocycles. The molecule has 0 bridgehead atoms. The molecule has 124 valence electrons. The van der Waals surface area contributed by atoms with Gasteiger partial charge in [-0.05, 0) is 18.4 Å². The van der Waals surface area contributed by atoms with Gasteiger partial charge in [0.25, 0.3) is 0 Å². The number of hydrogen-bond acceptors (Lipinski definition) is 7. The third-order valence-corrected chi connectivity index (χ3v) is 5.59. The molecule has 0 saturated heterocycles. The number of rotatable bonds is 8. The molecule has 2 aromatic rings. The molecule has 0 aliphatic carbocycles. The van der Waals surface area contributed by atoms with E-state index in [9.17, 15) is 9.59 Å². The monoisotopic (exact) mass is 370 g/mol. The van der Waals surface area contributed by atoms with Crippen molar-refractivity contribution in [3.8, 4) is 10.4 Å². The quantitative estimate of drug-likeness (QED) is 0.550. The minimum atomic E-state index is -0.415. The van der Waals surface area contributed by atoms with Crippen molar-refractivity contribution < 1.29 is 14.3 Å². The van der Waals surface area contributed by atoms with Gasteiger partial charge in [-0.1, -0.05) is 6.07 Å². The van der Waals surface area contributed by atoms with E-state index in [4.69, 9.17) is 10.5 Å². The van der Waals surface area contributed by atoms with Gasteiger partial charge in [-0.15, -0.1) is 22.7 Å². The molecule has 0 saturated carbocycles. The highest BCUT2D eigenvalue weighted by Gasteiger charge is 2.23. The van der Waals surface area contributed by atoms with E-state index >= 15 is 0 Å². The van der Waals surface area contributed by atoms with Gasteiger partial charge < -0.3 is 15.8 Å². The molecule has 0 spiro atoms. The summed E-state index contributed by atoms with van der Waals surface area (Å²) < 4.78 is 5.15. The summed E-state index contributed by atoms with van der Waals surface area (Å²) in [6, 6.07) is 3.87. The van der Waals surface area contributed by atoms with Gasteiger partial charge in [-0.3, -0.25) is 4.79 Å². The molecule has 8 heteroatoms. The number of thioether (sulfide) groups is 1. The first-order valence-electron chi connectivity index (χ1n) is 7.07. The number of hydrogen-bond donors (Lipinski definition) is 2. The van der Waals surface area contributed by atoms with Crippen LogP contribution in [-0.2, 0) is 9.53 Å². The second-order valence-corrected chi connectivity index (χ2v) is 7.37. The Kier molecular flexibility index (Phi) is 7.10. The van der Waals surface area contributed by atoms with E-state index in [1.807, 2.05) is 22.9 Å². The maximum atomic E-state index is 12.3. The number of nitrogens with two attached hydrogens (primary N) is 1. The highest BCUT2D eigenvalue weighted by atomic mass is 32.2. The molecular formula is C15H18N2O3S3. The van der Waals surface area contributed by atoms with Crippen LogP contribution in [0.3, 0.4) is 0 Å². The van der Waals surface area contributed by atoms with E-state index < -0.39 is 5.97 Å². The molecule has 5 nitrogen and oxygen atoms in total. The Morgan fingerprint density at radius 2 is 2.22 bits per heavy atom. The lowest BCUT2D eigenvalue weighted by Gasteiger charge is -2.08. The van der Waals surface area contributed by atoms with Crippen LogP contribution in [0.4, 0.5) is 5.00 Å². The average molecular weight is 371 g/mol. The number of anilines is 1. The smallest absolute Gasteiger partial charge is 0.341 e. The van der Waals surface area contributed by atoms with E-state index in [0.29, 0.717) is 22.9 Å². The number of thiophene rings is 2. The first kappa shape index (κ1) is 18.0. The molecule has 0 aliphatic rings. The zero-order chi connectivity index (χ0) is 16.7. The van der Waals surface area contributed by atoms with Crippen LogP contribution < -0.4 is 11.1 Å². The molecule has 0 fully saturated rings. The second kappa shape index (κ2) is 9.07. The van der Waals surface area contributed by atoms with Gasteiger partial charge in [-0.2, -0.15) is 11.8 Å². The number of esters is 1. The van der Waals surface area contributed by atoms with E-state index in [0.717, 1.165) is 16.2 Å². The van der Waals surface area contributed by atoms with Gasteiger partial charge in [0, 0.05) is 28.1 Å². The van der Waals surface area contributed by atoms with Crippen LogP contribution in [0.15, 0.2) is 22.9 Å². The molecule has 3 N–H and O–H groups in total. The van der Waals surface area contributed by atoms with Gasteiger partial charge >= 0.3 is 5.97 Å². The minimum Gasteiger partial charge on any atom is -0.462 e. The van der Waals surface area contributed by atoms with Gasteiger partial charge in [0.15, 0.2) is 0 Å². The molecule has 2 aromatic heterocycles. The van der Waals surface area contributed by atoms with E-state index in [2.05, 4.69) is 5.32 Å². The lowest BCUT2D eigenvalue weighted by Crippen LogP contribution is -2.17. The zero-order valence-electron chi connectivity index (χ0n) is 12.7. The predicted octanol–water partition coefficient (Wildman–Crippen LogP) is 3.28. The third kappa shape index (κ3) is 4.81. The zero-order valence-corrected chi connectivity index (χ0v) is 15.1. The summed E-state index contributed by atoms with van der Waals surface area (Å²) in [5.74, 6) is 0.477. The number of carbonyl (C=O) groups excluding carboxylic acids is 2. The van der Waals surface area contributed by atoms with Gasteiger partial charge in [0.1, 0.15) is 10.6 Å². The number of nitrogens with one attached hydrogen (secondary N) is 1. The van der Waals surface area contributed by atoms with Gasteiger partial charge in [0.05, 0.1) is 12.4 Å². The molecule has 23 heavy (non-hydrogen) atoms. The number of amides is 1. The molecule has 0 radical (unpaired) electrons. The van der Waals surface area contributed by atoms with Gasteiger partial charge in [0.2, 0.25) is 5.91 Å². The Bertz CT molecular complexity index is 653. The Balaban J connectivity index is 2.22. The van der Waals surface area contributed by atoms with Crippen molar-refractivity contribution in [1.29, 1.82) is 0 Å². The standard InChI is InChI=1S/C15H18N2O3S3/c1-2-20-15(19)13-10(11-4-3-6-22-11)8-23-14(13)17-12(18)9-21-7-5-16/h3-4,6,8H,2,5,7,9,16H2,1H3,(H,17,18). The molecular weight excluding hydrogens is 352 g/mol. The van der Waals surface area contributed by atoms with E-state index in [1.165, 1.54) is 23.1 Å². The highest BCUT2D eigenvalue weighted by Crippen LogP contribution is 2.38. The molecule has 0 unspecified atom stereocenters. The van der Waals surface area contributed by atoms with Crippen molar-refractivity contribution in [2.75, 3.05) is 30.0 Å². The summed E-state index contributed by atoms with van der Waals surface area (Å²) >= 11 is 4.34. The molecule has 0 aromatic carbocycles. The van der Waals surface area contributed by atoms with Crippen molar-refractivity contribution in [2.24, 2.45) is 5.73 Å². The van der Waals surface area contributed by atoms with Crippen LogP contribution in [-0.4, -0.2) is 36.5 Å². The number of ether oxygens (including phenoxy) is 1. The SMILES string of the molecule is CCOC(=O)c1c(-c2cccs2)csc1NC(=O)CSCCN. The van der Waals surface area contributed by atoms with Crippen LogP contribution in [0.25, 0.3) is 10.4 Å². The summed E-state index contributed by atoms with van der Waals surface area (Å²) in [4.78, 5) is 25.3. The van der Waals surface area contributed by atoms with Crippen molar-refractivity contribution >= 4 is 51.3 Å². The molecule has 2 heterocycles. The lowest BCUT2D eigenvalue weighted by atomic mass is 10.1. The van der Waals surface area contributed by atoms with E-state index in [-0.39, 0.29) is 12.5 Å². The Morgan fingerprint density at radius 3 is 2.87 bits per heavy atom. The normalized spacial score (nSPS) is 10.5. The molecule has 2 rings (SSSR count). The lowest BCUT2D eigenvalue weighted by molar-refractivity contribution is -0.113. The number of carbonyl (C=O) groups is 2. The average Bonchev–Trinajstić information content (AvgIpc) is 3.16. The van der Waals surface area contributed by atoms with Gasteiger partial charge in [-0.25, -0.2) is 4.79 Å². The Hall–Kier alpha value is -1.35. The maximum absolute atomic E-state index is 12.3. The highest BCUT2D eigenvalue weighted by molar-refractivity contribution is 7.99. The fraction of sp³-hybridized carbons (Fsp3) is 0.333. The fourth-order valence-electron chi connectivity index (χ4n) is 1.88. The second-order valence-electron chi connectivity index (χ2n) is 4.44. The Morgan fingerprint density at radius 1 is 1.39 bits per heavy atom. The first-order chi connectivity index (χ1) is 11.2. The largest absolute Gasteiger partial charge is 0.462 e. The van der Waals surface area contributed by atoms with Crippen LogP contribution >= 0.6 is 34.4 Å². The summed E-state index contributed by atoms with van der Waals surface area (Å²) in [5.41, 5.74) is 6.64. The van der Waals surface area contributed by atoms with Crippen molar-refractivity contribution in [2.45, 2.75) is 6.92 Å².